The van der Waals surface area contributed by atoms with Crippen LogP contribution in [-0.4, -0.2) is 54.7 Å². The largest absolute Gasteiger partial charge is 0.457 e. The molecule has 0 radical (unpaired) electrons. The first kappa shape index (κ1) is 14.9. The predicted molar refractivity (Wildman–Crippen MR) is 60.5 cm³/mol. The molecule has 1 amide bonds. The van der Waals surface area contributed by atoms with E-state index in [1.165, 1.54) is 21.0 Å². The molecule has 1 saturated heterocycles. The molecule has 7 heteroatoms. The van der Waals surface area contributed by atoms with Crippen molar-refractivity contribution in [1.82, 2.24) is 5.32 Å². The van der Waals surface area contributed by atoms with Gasteiger partial charge in [0.15, 0.2) is 12.4 Å². The second-order valence-corrected chi connectivity index (χ2v) is 4.23. The molecular weight excluding hydrogens is 242 g/mol. The maximum atomic E-state index is 11.1. The van der Waals surface area contributed by atoms with Gasteiger partial charge in [-0.25, -0.2) is 0 Å². The summed E-state index contributed by atoms with van der Waals surface area (Å²) in [7, 11) is 1.42. The first-order valence-corrected chi connectivity index (χ1v) is 5.67. The fraction of sp³-hybridized carbons (Fsp3) is 0.818. The summed E-state index contributed by atoms with van der Waals surface area (Å²) in [6.45, 7) is 4.25. The molecule has 0 aromatic carbocycles. The number of rotatable bonds is 3. The highest BCUT2D eigenvalue weighted by molar-refractivity contribution is 5.73. The van der Waals surface area contributed by atoms with E-state index in [2.05, 4.69) is 5.32 Å². The van der Waals surface area contributed by atoms with E-state index in [1.807, 2.05) is 0 Å². The van der Waals surface area contributed by atoms with E-state index >= 15 is 0 Å². The van der Waals surface area contributed by atoms with Gasteiger partial charge in [0.2, 0.25) is 5.91 Å². The number of esters is 1. The van der Waals surface area contributed by atoms with E-state index in [0.717, 1.165) is 0 Å². The smallest absolute Gasteiger partial charge is 0.303 e. The Labute approximate surface area is 105 Å². The van der Waals surface area contributed by atoms with Crippen LogP contribution in [0.2, 0.25) is 0 Å². The SMILES string of the molecule is CO[C@@H]1[C@@H](NC(C)=O)[C@@H](O)O[C@H](C)[C@@H]1OC(C)=O. The van der Waals surface area contributed by atoms with Gasteiger partial charge in [-0.05, 0) is 6.92 Å². The molecule has 7 nitrogen and oxygen atoms in total. The Morgan fingerprint density at radius 2 is 1.89 bits per heavy atom. The number of nitrogens with one attached hydrogen (secondary N) is 1. The summed E-state index contributed by atoms with van der Waals surface area (Å²) in [5.41, 5.74) is 0. The number of hydrogen-bond acceptors (Lipinski definition) is 6. The van der Waals surface area contributed by atoms with Crippen molar-refractivity contribution in [2.24, 2.45) is 0 Å². The van der Waals surface area contributed by atoms with Gasteiger partial charge in [0, 0.05) is 21.0 Å². The van der Waals surface area contributed by atoms with Gasteiger partial charge in [0.25, 0.3) is 0 Å². The van der Waals surface area contributed by atoms with Gasteiger partial charge >= 0.3 is 5.97 Å². The quantitative estimate of drug-likeness (QED) is 0.644. The minimum atomic E-state index is -1.21. The molecule has 0 aliphatic carbocycles. The van der Waals surface area contributed by atoms with Crippen LogP contribution < -0.4 is 5.32 Å². The Morgan fingerprint density at radius 1 is 1.28 bits per heavy atom. The summed E-state index contributed by atoms with van der Waals surface area (Å²) in [6, 6.07) is -0.784. The summed E-state index contributed by atoms with van der Waals surface area (Å²) < 4.78 is 15.6. The van der Waals surface area contributed by atoms with E-state index in [-0.39, 0.29) is 5.91 Å². The molecule has 1 fully saturated rings. The third-order valence-corrected chi connectivity index (χ3v) is 2.75. The van der Waals surface area contributed by atoms with Gasteiger partial charge in [0.05, 0.1) is 6.10 Å². The van der Waals surface area contributed by atoms with E-state index in [1.54, 1.807) is 6.92 Å². The molecule has 104 valence electrons. The topological polar surface area (TPSA) is 94.1 Å². The maximum Gasteiger partial charge on any atom is 0.303 e. The van der Waals surface area contributed by atoms with Crippen LogP contribution in [0.5, 0.6) is 0 Å². The second-order valence-electron chi connectivity index (χ2n) is 4.23. The first-order valence-electron chi connectivity index (χ1n) is 5.67. The predicted octanol–water partition coefficient (Wildman–Crippen LogP) is -0.825. The van der Waals surface area contributed by atoms with Crippen LogP contribution in [0.25, 0.3) is 0 Å². The van der Waals surface area contributed by atoms with Crippen LogP contribution >= 0.6 is 0 Å². The van der Waals surface area contributed by atoms with Gasteiger partial charge in [-0.2, -0.15) is 0 Å². The monoisotopic (exact) mass is 261 g/mol. The normalized spacial score (nSPS) is 35.9. The van der Waals surface area contributed by atoms with Crippen LogP contribution in [0.1, 0.15) is 20.8 Å². The van der Waals surface area contributed by atoms with Crippen molar-refractivity contribution >= 4 is 11.9 Å². The molecular formula is C11H19NO6. The Kier molecular flexibility index (Phi) is 5.06. The Balaban J connectivity index is 2.88. The molecule has 0 unspecified atom stereocenters. The van der Waals surface area contributed by atoms with Crippen LogP contribution in [0.4, 0.5) is 0 Å². The zero-order valence-electron chi connectivity index (χ0n) is 10.9. The third kappa shape index (κ3) is 3.41. The van der Waals surface area contributed by atoms with Crippen LogP contribution in [-0.2, 0) is 23.8 Å². The molecule has 2 N–H and O–H groups in total. The van der Waals surface area contributed by atoms with Gasteiger partial charge in [-0.15, -0.1) is 0 Å². The van der Waals surface area contributed by atoms with E-state index in [4.69, 9.17) is 14.2 Å². The van der Waals surface area contributed by atoms with Crippen LogP contribution in [0.15, 0.2) is 0 Å². The summed E-state index contributed by atoms with van der Waals surface area (Å²) in [5.74, 6) is -0.809. The number of hydrogen-bond donors (Lipinski definition) is 2. The lowest BCUT2D eigenvalue weighted by atomic mass is 9.97. The molecule has 1 aliphatic heterocycles. The number of amides is 1. The molecule has 0 spiro atoms. The number of carbonyl (C=O) groups excluding carboxylic acids is 2. The van der Waals surface area contributed by atoms with Crippen molar-refractivity contribution in [3.05, 3.63) is 0 Å². The van der Waals surface area contributed by atoms with E-state index in [9.17, 15) is 14.7 Å². The summed E-state index contributed by atoms with van der Waals surface area (Å²) in [4.78, 5) is 22.1. The van der Waals surface area contributed by atoms with Crippen molar-refractivity contribution in [2.75, 3.05) is 7.11 Å². The highest BCUT2D eigenvalue weighted by atomic mass is 16.6. The highest BCUT2D eigenvalue weighted by Crippen LogP contribution is 2.24. The van der Waals surface area contributed by atoms with Gasteiger partial charge in [-0.1, -0.05) is 0 Å². The Morgan fingerprint density at radius 3 is 2.33 bits per heavy atom. The number of aliphatic hydroxyl groups excluding tert-OH is 1. The average molecular weight is 261 g/mol. The zero-order chi connectivity index (χ0) is 13.9. The molecule has 1 rings (SSSR count). The van der Waals surface area contributed by atoms with Gasteiger partial charge in [0.1, 0.15) is 12.1 Å². The molecule has 0 aromatic heterocycles. The molecule has 18 heavy (non-hydrogen) atoms. The van der Waals surface area contributed by atoms with Crippen molar-refractivity contribution in [3.8, 4) is 0 Å². The van der Waals surface area contributed by atoms with E-state index in [0.29, 0.717) is 0 Å². The van der Waals surface area contributed by atoms with Crippen molar-refractivity contribution in [1.29, 1.82) is 0 Å². The number of ether oxygens (including phenoxy) is 3. The maximum absolute atomic E-state index is 11.1. The lowest BCUT2D eigenvalue weighted by Crippen LogP contribution is -2.64. The minimum absolute atomic E-state index is 0.333. The fourth-order valence-electron chi connectivity index (χ4n) is 2.04. The molecule has 0 aromatic rings. The van der Waals surface area contributed by atoms with Gasteiger partial charge < -0.3 is 24.6 Å². The summed E-state index contributed by atoms with van der Waals surface area (Å²) in [5, 5.41) is 12.3. The Hall–Kier alpha value is -1.18. The minimum Gasteiger partial charge on any atom is -0.457 e. The Bertz CT molecular complexity index is 293. The number of aliphatic hydroxyl groups is 1. The second kappa shape index (κ2) is 6.12. The summed E-state index contributed by atoms with van der Waals surface area (Å²) >= 11 is 0. The van der Waals surface area contributed by atoms with Gasteiger partial charge in [-0.3, -0.25) is 9.59 Å². The first-order chi connectivity index (χ1) is 8.36. The van der Waals surface area contributed by atoms with Crippen molar-refractivity contribution in [3.63, 3.8) is 0 Å². The molecule has 0 saturated carbocycles. The highest BCUT2D eigenvalue weighted by Gasteiger charge is 2.46. The fourth-order valence-corrected chi connectivity index (χ4v) is 2.04. The number of carbonyl (C=O) groups is 2. The zero-order valence-corrected chi connectivity index (χ0v) is 10.9. The average Bonchev–Trinajstić information content (AvgIpc) is 2.24. The molecule has 0 bridgehead atoms. The molecule has 1 aliphatic rings. The van der Waals surface area contributed by atoms with E-state index < -0.39 is 36.6 Å². The lowest BCUT2D eigenvalue weighted by molar-refractivity contribution is -0.253. The molecule has 1 heterocycles. The third-order valence-electron chi connectivity index (χ3n) is 2.75. The lowest BCUT2D eigenvalue weighted by Gasteiger charge is -2.42. The van der Waals surface area contributed by atoms with Crippen LogP contribution in [0.3, 0.4) is 0 Å². The van der Waals surface area contributed by atoms with Crippen molar-refractivity contribution < 1.29 is 28.9 Å². The summed E-state index contributed by atoms with van der Waals surface area (Å²) in [6.07, 6.45) is -3.09. The standard InChI is InChI=1S/C11H19NO6/c1-5-9(18-7(3)14)10(16-4)8(11(15)17-5)12-6(2)13/h5,8-11,15H,1-4H3,(H,12,13)/t5-,8-,9+,10-,11+/m1/s1. The molecule has 5 atom stereocenters. The van der Waals surface area contributed by atoms with Crippen LogP contribution in [0, 0.1) is 0 Å². The van der Waals surface area contributed by atoms with Crippen molar-refractivity contribution in [2.45, 2.75) is 51.4 Å². The number of methoxy groups -OCH3 is 1.